The van der Waals surface area contributed by atoms with Crippen molar-refractivity contribution >= 4 is 0 Å². The molecule has 0 saturated carbocycles. The molecule has 0 amide bonds. The Morgan fingerprint density at radius 3 is 2.38 bits per heavy atom. The SMILES string of the molecule is Fc1cccc(CC(c2ccccc2)N2CCCCC2)c1. The molecular weight excluding hydrogens is 261 g/mol. The number of halogens is 1. The summed E-state index contributed by atoms with van der Waals surface area (Å²) >= 11 is 0. The molecule has 2 heteroatoms. The fraction of sp³-hybridized carbons (Fsp3) is 0.368. The van der Waals surface area contributed by atoms with Gasteiger partial charge in [-0.2, -0.15) is 0 Å². The van der Waals surface area contributed by atoms with E-state index >= 15 is 0 Å². The zero-order valence-corrected chi connectivity index (χ0v) is 12.3. The van der Waals surface area contributed by atoms with Crippen LogP contribution in [-0.2, 0) is 6.42 Å². The highest BCUT2D eigenvalue weighted by atomic mass is 19.1. The van der Waals surface area contributed by atoms with Crippen LogP contribution < -0.4 is 0 Å². The van der Waals surface area contributed by atoms with Crippen LogP contribution in [-0.4, -0.2) is 18.0 Å². The van der Waals surface area contributed by atoms with Crippen LogP contribution in [0.4, 0.5) is 4.39 Å². The summed E-state index contributed by atoms with van der Waals surface area (Å²) in [6, 6.07) is 18.0. The Morgan fingerprint density at radius 2 is 1.67 bits per heavy atom. The second-order valence-corrected chi connectivity index (χ2v) is 5.86. The molecule has 0 spiro atoms. The molecule has 3 rings (SSSR count). The molecule has 1 nitrogen and oxygen atoms in total. The van der Waals surface area contributed by atoms with Gasteiger partial charge >= 0.3 is 0 Å². The van der Waals surface area contributed by atoms with Gasteiger partial charge in [0.25, 0.3) is 0 Å². The average Bonchev–Trinajstić information content (AvgIpc) is 2.54. The number of likely N-dealkylation sites (tertiary alicyclic amines) is 1. The highest BCUT2D eigenvalue weighted by Gasteiger charge is 2.22. The summed E-state index contributed by atoms with van der Waals surface area (Å²) in [5.41, 5.74) is 2.41. The van der Waals surface area contributed by atoms with Crippen molar-refractivity contribution in [3.05, 3.63) is 71.5 Å². The van der Waals surface area contributed by atoms with Gasteiger partial charge in [-0.25, -0.2) is 4.39 Å². The smallest absolute Gasteiger partial charge is 0.123 e. The van der Waals surface area contributed by atoms with Crippen LogP contribution in [0.15, 0.2) is 54.6 Å². The zero-order chi connectivity index (χ0) is 14.5. The average molecular weight is 283 g/mol. The summed E-state index contributed by atoms with van der Waals surface area (Å²) in [5.74, 6) is -0.141. The largest absolute Gasteiger partial charge is 0.296 e. The first-order chi connectivity index (χ1) is 10.3. The van der Waals surface area contributed by atoms with Crippen LogP contribution in [0.1, 0.15) is 36.4 Å². The molecule has 0 bridgehead atoms. The molecule has 1 unspecified atom stereocenters. The molecule has 1 saturated heterocycles. The number of hydrogen-bond donors (Lipinski definition) is 0. The van der Waals surface area contributed by atoms with Crippen LogP contribution in [0.25, 0.3) is 0 Å². The van der Waals surface area contributed by atoms with Crippen molar-refractivity contribution in [2.75, 3.05) is 13.1 Å². The number of nitrogens with zero attached hydrogens (tertiary/aromatic N) is 1. The van der Waals surface area contributed by atoms with Gasteiger partial charge in [0.1, 0.15) is 5.82 Å². The fourth-order valence-corrected chi connectivity index (χ4v) is 3.25. The minimum atomic E-state index is -0.141. The molecular formula is C19H22FN. The molecule has 110 valence electrons. The van der Waals surface area contributed by atoms with E-state index in [1.165, 1.54) is 30.9 Å². The third kappa shape index (κ3) is 3.70. The van der Waals surface area contributed by atoms with E-state index in [9.17, 15) is 4.39 Å². The minimum Gasteiger partial charge on any atom is -0.296 e. The van der Waals surface area contributed by atoms with E-state index in [2.05, 4.69) is 35.2 Å². The molecule has 1 heterocycles. The summed E-state index contributed by atoms with van der Waals surface area (Å²) in [7, 11) is 0. The van der Waals surface area contributed by atoms with E-state index < -0.39 is 0 Å². The first-order valence-electron chi connectivity index (χ1n) is 7.86. The van der Waals surface area contributed by atoms with E-state index in [1.54, 1.807) is 6.07 Å². The van der Waals surface area contributed by atoms with Crippen molar-refractivity contribution in [3.63, 3.8) is 0 Å². The highest BCUT2D eigenvalue weighted by molar-refractivity contribution is 5.24. The summed E-state index contributed by atoms with van der Waals surface area (Å²) in [4.78, 5) is 2.56. The van der Waals surface area contributed by atoms with Crippen LogP contribution in [0.2, 0.25) is 0 Å². The topological polar surface area (TPSA) is 3.24 Å². The lowest BCUT2D eigenvalue weighted by Crippen LogP contribution is -2.34. The number of hydrogen-bond acceptors (Lipinski definition) is 1. The monoisotopic (exact) mass is 283 g/mol. The Morgan fingerprint density at radius 1 is 0.905 bits per heavy atom. The van der Waals surface area contributed by atoms with Crippen molar-refractivity contribution in [3.8, 4) is 0 Å². The summed E-state index contributed by atoms with van der Waals surface area (Å²) in [6.07, 6.45) is 4.75. The van der Waals surface area contributed by atoms with Crippen LogP contribution in [0.3, 0.4) is 0 Å². The maximum atomic E-state index is 13.4. The Labute approximate surface area is 126 Å². The van der Waals surface area contributed by atoms with Gasteiger partial charge in [0.05, 0.1) is 0 Å². The molecule has 21 heavy (non-hydrogen) atoms. The van der Waals surface area contributed by atoms with Gasteiger partial charge in [-0.3, -0.25) is 4.90 Å². The van der Waals surface area contributed by atoms with Crippen molar-refractivity contribution in [2.45, 2.75) is 31.7 Å². The number of piperidine rings is 1. The normalized spacial score (nSPS) is 17.6. The molecule has 1 atom stereocenters. The van der Waals surface area contributed by atoms with E-state index in [4.69, 9.17) is 0 Å². The van der Waals surface area contributed by atoms with Crippen LogP contribution >= 0.6 is 0 Å². The Kier molecular flexibility index (Phi) is 4.66. The standard InChI is InChI=1S/C19H22FN/c20-18-11-7-8-16(14-18)15-19(17-9-3-1-4-10-17)21-12-5-2-6-13-21/h1,3-4,7-11,14,19H,2,5-6,12-13,15H2. The Hall–Kier alpha value is -1.67. The fourth-order valence-electron chi connectivity index (χ4n) is 3.25. The molecule has 2 aromatic rings. The molecule has 1 aliphatic rings. The maximum Gasteiger partial charge on any atom is 0.123 e. The predicted molar refractivity (Wildman–Crippen MR) is 84.7 cm³/mol. The van der Waals surface area contributed by atoms with E-state index in [0.717, 1.165) is 25.1 Å². The van der Waals surface area contributed by atoms with Crippen molar-refractivity contribution < 1.29 is 4.39 Å². The second kappa shape index (κ2) is 6.86. The van der Waals surface area contributed by atoms with Gasteiger partial charge in [0.2, 0.25) is 0 Å². The Bertz CT molecular complexity index is 561. The third-order valence-corrected chi connectivity index (χ3v) is 4.33. The van der Waals surface area contributed by atoms with Crippen molar-refractivity contribution in [1.82, 2.24) is 4.90 Å². The van der Waals surface area contributed by atoms with E-state index in [-0.39, 0.29) is 5.82 Å². The van der Waals surface area contributed by atoms with Gasteiger partial charge in [0.15, 0.2) is 0 Å². The second-order valence-electron chi connectivity index (χ2n) is 5.86. The van der Waals surface area contributed by atoms with Crippen molar-refractivity contribution in [2.24, 2.45) is 0 Å². The zero-order valence-electron chi connectivity index (χ0n) is 12.3. The van der Waals surface area contributed by atoms with Gasteiger partial charge in [-0.05, 0) is 55.6 Å². The number of benzene rings is 2. The first-order valence-corrected chi connectivity index (χ1v) is 7.86. The van der Waals surface area contributed by atoms with E-state index in [0.29, 0.717) is 6.04 Å². The van der Waals surface area contributed by atoms with Gasteiger partial charge < -0.3 is 0 Å². The summed E-state index contributed by atoms with van der Waals surface area (Å²) in [5, 5.41) is 0. The van der Waals surface area contributed by atoms with Gasteiger partial charge in [-0.15, -0.1) is 0 Å². The van der Waals surface area contributed by atoms with Crippen molar-refractivity contribution in [1.29, 1.82) is 0 Å². The molecule has 0 radical (unpaired) electrons. The lowest BCUT2D eigenvalue weighted by molar-refractivity contribution is 0.162. The quantitative estimate of drug-likeness (QED) is 0.793. The molecule has 1 aliphatic heterocycles. The Balaban J connectivity index is 1.85. The molecule has 0 N–H and O–H groups in total. The molecule has 0 aliphatic carbocycles. The lowest BCUT2D eigenvalue weighted by atomic mass is 9.95. The first kappa shape index (κ1) is 14.3. The third-order valence-electron chi connectivity index (χ3n) is 4.33. The predicted octanol–water partition coefficient (Wildman–Crippen LogP) is 4.60. The summed E-state index contributed by atoms with van der Waals surface area (Å²) in [6.45, 7) is 2.30. The lowest BCUT2D eigenvalue weighted by Gasteiger charge is -2.35. The summed E-state index contributed by atoms with van der Waals surface area (Å²) < 4.78 is 13.4. The van der Waals surface area contributed by atoms with Crippen LogP contribution in [0.5, 0.6) is 0 Å². The minimum absolute atomic E-state index is 0.141. The molecule has 2 aromatic carbocycles. The number of rotatable bonds is 4. The van der Waals surface area contributed by atoms with Crippen LogP contribution in [0, 0.1) is 5.82 Å². The van der Waals surface area contributed by atoms with Gasteiger partial charge in [-0.1, -0.05) is 48.9 Å². The van der Waals surface area contributed by atoms with Gasteiger partial charge in [0, 0.05) is 6.04 Å². The highest BCUT2D eigenvalue weighted by Crippen LogP contribution is 2.28. The maximum absolute atomic E-state index is 13.4. The van der Waals surface area contributed by atoms with E-state index in [1.807, 2.05) is 12.1 Å². The molecule has 1 fully saturated rings. The molecule has 0 aromatic heterocycles.